The first kappa shape index (κ1) is 9.52. The molecule has 74 valence electrons. The van der Waals surface area contributed by atoms with Gasteiger partial charge in [-0.2, -0.15) is 0 Å². The number of aliphatic imine (C=N–C) groups is 1. The Morgan fingerprint density at radius 1 is 1.27 bits per heavy atom. The second-order valence-electron chi connectivity index (χ2n) is 3.08. The normalized spacial score (nSPS) is 11.0. The van der Waals surface area contributed by atoms with Gasteiger partial charge in [-0.15, -0.1) is 0 Å². The fourth-order valence-corrected chi connectivity index (χ4v) is 1.52. The number of benzene rings is 1. The Balaban J connectivity index is 2.84. The highest BCUT2D eigenvalue weighted by Crippen LogP contribution is 2.18. The zero-order chi connectivity index (χ0) is 10.7. The van der Waals surface area contributed by atoms with Gasteiger partial charge in [0.05, 0.1) is 11.0 Å². The Hall–Kier alpha value is -2.03. The summed E-state index contributed by atoms with van der Waals surface area (Å²) in [7, 11) is 1.74. The van der Waals surface area contributed by atoms with Gasteiger partial charge in [-0.05, 0) is 11.6 Å². The highest BCUT2D eigenvalue weighted by atomic mass is 14.8. The van der Waals surface area contributed by atoms with E-state index in [1.54, 1.807) is 31.7 Å². The van der Waals surface area contributed by atoms with Crippen LogP contribution in [0.2, 0.25) is 0 Å². The first-order valence-corrected chi connectivity index (χ1v) is 4.65. The lowest BCUT2D eigenvalue weighted by Gasteiger charge is -2.03. The molecule has 0 unspecified atom stereocenters. The fraction of sp³-hybridized carbons (Fsp3) is 0.0833. The van der Waals surface area contributed by atoms with E-state index in [1.807, 2.05) is 12.1 Å². The molecule has 1 aromatic carbocycles. The topological polar surface area (TPSA) is 38.1 Å². The van der Waals surface area contributed by atoms with Crippen molar-refractivity contribution in [2.24, 2.45) is 4.99 Å². The molecule has 3 heteroatoms. The average Bonchev–Trinajstić information content (AvgIpc) is 2.30. The third kappa shape index (κ3) is 1.64. The Bertz CT molecular complexity index is 529. The number of nitrogens with zero attached hydrogens (tertiary/aromatic N) is 3. The molecule has 0 saturated carbocycles. The van der Waals surface area contributed by atoms with Crippen LogP contribution in [0.1, 0.15) is 11.1 Å². The van der Waals surface area contributed by atoms with Crippen LogP contribution in [0.4, 0.5) is 0 Å². The molecule has 0 N–H and O–H groups in total. The Kier molecular flexibility index (Phi) is 2.54. The Morgan fingerprint density at radius 2 is 2.07 bits per heavy atom. The highest BCUT2D eigenvalue weighted by Gasteiger charge is 2.04. The van der Waals surface area contributed by atoms with E-state index in [2.05, 4.69) is 21.5 Å². The molecule has 3 nitrogen and oxygen atoms in total. The molecule has 0 spiro atoms. The minimum atomic E-state index is 0.862. The molecule has 1 aromatic heterocycles. The number of rotatable bonds is 2. The van der Waals surface area contributed by atoms with Gasteiger partial charge in [-0.1, -0.05) is 18.7 Å². The van der Waals surface area contributed by atoms with Crippen LogP contribution >= 0.6 is 0 Å². The summed E-state index contributed by atoms with van der Waals surface area (Å²) in [6.45, 7) is 3.77. The largest absolute Gasteiger partial charge is 0.296 e. The van der Waals surface area contributed by atoms with Gasteiger partial charge in [0.25, 0.3) is 0 Å². The summed E-state index contributed by atoms with van der Waals surface area (Å²) in [5.74, 6) is 0. The Labute approximate surface area is 88.2 Å². The first-order chi connectivity index (χ1) is 7.36. The smallest absolute Gasteiger partial charge is 0.0980 e. The van der Waals surface area contributed by atoms with Gasteiger partial charge in [0.15, 0.2) is 0 Å². The van der Waals surface area contributed by atoms with E-state index in [0.29, 0.717) is 0 Å². The maximum absolute atomic E-state index is 4.31. The van der Waals surface area contributed by atoms with Crippen LogP contribution in [0, 0.1) is 0 Å². The monoisotopic (exact) mass is 197 g/mol. The number of aromatic nitrogens is 2. The SMILES string of the molecule is C=Cc1ccc2nccnc2c1/C=N\C. The lowest BCUT2D eigenvalue weighted by molar-refractivity contribution is 1.29. The number of hydrogen-bond donors (Lipinski definition) is 0. The summed E-state index contributed by atoms with van der Waals surface area (Å²) in [5, 5.41) is 0. The van der Waals surface area contributed by atoms with Crippen LogP contribution in [-0.2, 0) is 0 Å². The quantitative estimate of drug-likeness (QED) is 0.693. The molecule has 2 aromatic rings. The van der Waals surface area contributed by atoms with Crippen LogP contribution < -0.4 is 0 Å². The van der Waals surface area contributed by atoms with Gasteiger partial charge in [-0.3, -0.25) is 15.0 Å². The predicted octanol–water partition coefficient (Wildman–Crippen LogP) is 2.32. The van der Waals surface area contributed by atoms with Crippen molar-refractivity contribution in [3.8, 4) is 0 Å². The number of hydrogen-bond acceptors (Lipinski definition) is 3. The van der Waals surface area contributed by atoms with E-state index in [9.17, 15) is 0 Å². The summed E-state index contributed by atoms with van der Waals surface area (Å²) in [6.07, 6.45) is 6.95. The van der Waals surface area contributed by atoms with E-state index >= 15 is 0 Å². The van der Waals surface area contributed by atoms with E-state index < -0.39 is 0 Å². The summed E-state index contributed by atoms with van der Waals surface area (Å²) >= 11 is 0. The van der Waals surface area contributed by atoms with Crippen LogP contribution in [0.25, 0.3) is 17.1 Å². The van der Waals surface area contributed by atoms with E-state index in [4.69, 9.17) is 0 Å². The molecule has 1 heterocycles. The van der Waals surface area contributed by atoms with Crippen LogP contribution in [-0.4, -0.2) is 23.2 Å². The maximum atomic E-state index is 4.31. The van der Waals surface area contributed by atoms with Crippen LogP contribution in [0.15, 0.2) is 36.1 Å². The summed E-state index contributed by atoms with van der Waals surface area (Å²) in [6, 6.07) is 3.91. The van der Waals surface area contributed by atoms with Gasteiger partial charge < -0.3 is 0 Å². The molecule has 0 saturated heterocycles. The molecule has 0 atom stereocenters. The summed E-state index contributed by atoms with van der Waals surface area (Å²) < 4.78 is 0. The van der Waals surface area contributed by atoms with E-state index in [1.165, 1.54) is 0 Å². The molecule has 2 rings (SSSR count). The summed E-state index contributed by atoms with van der Waals surface area (Å²) in [4.78, 5) is 12.6. The number of fused-ring (bicyclic) bond motifs is 1. The zero-order valence-corrected chi connectivity index (χ0v) is 8.51. The molecule has 0 radical (unpaired) electrons. The van der Waals surface area contributed by atoms with Crippen molar-refractivity contribution in [1.82, 2.24) is 9.97 Å². The molecule has 0 fully saturated rings. The molecule has 0 bridgehead atoms. The molecule has 0 aliphatic rings. The maximum Gasteiger partial charge on any atom is 0.0980 e. The lowest BCUT2D eigenvalue weighted by Crippen LogP contribution is -1.93. The van der Waals surface area contributed by atoms with Gasteiger partial charge in [0, 0.05) is 31.2 Å². The van der Waals surface area contributed by atoms with Gasteiger partial charge >= 0.3 is 0 Å². The van der Waals surface area contributed by atoms with Crippen molar-refractivity contribution in [3.05, 3.63) is 42.2 Å². The molecule has 0 aliphatic heterocycles. The van der Waals surface area contributed by atoms with Crippen LogP contribution in [0.3, 0.4) is 0 Å². The van der Waals surface area contributed by atoms with Crippen molar-refractivity contribution in [2.75, 3.05) is 7.05 Å². The van der Waals surface area contributed by atoms with Crippen molar-refractivity contribution >= 4 is 23.3 Å². The van der Waals surface area contributed by atoms with Gasteiger partial charge in [-0.25, -0.2) is 0 Å². The molecule has 0 aliphatic carbocycles. The minimum absolute atomic E-state index is 0.862. The molecular weight excluding hydrogens is 186 g/mol. The van der Waals surface area contributed by atoms with Crippen molar-refractivity contribution in [1.29, 1.82) is 0 Å². The summed E-state index contributed by atoms with van der Waals surface area (Å²) in [5.41, 5.74) is 3.73. The fourth-order valence-electron chi connectivity index (χ4n) is 1.52. The standard InChI is InChI=1S/C12H11N3/c1-3-9-4-5-11-12(10(9)8-13-2)15-7-6-14-11/h3-8H,1H2,2H3/b13-8-. The average molecular weight is 197 g/mol. The third-order valence-corrected chi connectivity index (χ3v) is 2.19. The first-order valence-electron chi connectivity index (χ1n) is 4.65. The van der Waals surface area contributed by atoms with Crippen molar-refractivity contribution in [3.63, 3.8) is 0 Å². The zero-order valence-electron chi connectivity index (χ0n) is 8.51. The van der Waals surface area contributed by atoms with E-state index in [0.717, 1.165) is 22.2 Å². The third-order valence-electron chi connectivity index (χ3n) is 2.19. The molecular formula is C12H11N3. The van der Waals surface area contributed by atoms with Crippen LogP contribution in [0.5, 0.6) is 0 Å². The second kappa shape index (κ2) is 4.00. The van der Waals surface area contributed by atoms with Gasteiger partial charge in [0.2, 0.25) is 0 Å². The lowest BCUT2D eigenvalue weighted by atomic mass is 10.1. The highest BCUT2D eigenvalue weighted by molar-refractivity contribution is 5.99. The van der Waals surface area contributed by atoms with Crippen molar-refractivity contribution < 1.29 is 0 Å². The van der Waals surface area contributed by atoms with Crippen molar-refractivity contribution in [2.45, 2.75) is 0 Å². The van der Waals surface area contributed by atoms with E-state index in [-0.39, 0.29) is 0 Å². The Morgan fingerprint density at radius 3 is 2.80 bits per heavy atom. The van der Waals surface area contributed by atoms with Gasteiger partial charge in [0.1, 0.15) is 0 Å². The molecule has 15 heavy (non-hydrogen) atoms. The predicted molar refractivity (Wildman–Crippen MR) is 63.1 cm³/mol. The second-order valence-corrected chi connectivity index (χ2v) is 3.08. The minimum Gasteiger partial charge on any atom is -0.296 e. The molecule has 0 amide bonds.